The Morgan fingerprint density at radius 2 is 2.17 bits per heavy atom. The predicted molar refractivity (Wildman–Crippen MR) is 67.7 cm³/mol. The number of hydrogen-bond acceptors (Lipinski definition) is 5. The van der Waals surface area contributed by atoms with Gasteiger partial charge in [-0.05, 0) is 26.9 Å². The van der Waals surface area contributed by atoms with Crippen LogP contribution in [0.4, 0.5) is 5.95 Å². The van der Waals surface area contributed by atoms with E-state index in [2.05, 4.69) is 29.1 Å². The number of carbonyl (C=O) groups is 1. The number of likely N-dealkylation sites (tertiary alicyclic amines) is 1. The maximum Gasteiger partial charge on any atom is 0.244 e. The molecular formula is C11H20N6O. The zero-order valence-corrected chi connectivity index (χ0v) is 10.9. The van der Waals surface area contributed by atoms with Crippen molar-refractivity contribution < 1.29 is 4.79 Å². The molecule has 18 heavy (non-hydrogen) atoms. The van der Waals surface area contributed by atoms with Crippen LogP contribution in [0.2, 0.25) is 0 Å². The van der Waals surface area contributed by atoms with Gasteiger partial charge >= 0.3 is 0 Å². The number of amides is 1. The number of nitrogens with zero attached hydrogens (tertiary/aromatic N) is 5. The van der Waals surface area contributed by atoms with Gasteiger partial charge in [0, 0.05) is 19.1 Å². The number of piperidine rings is 1. The molecule has 2 rings (SSSR count). The van der Waals surface area contributed by atoms with Crippen molar-refractivity contribution in [1.82, 2.24) is 24.6 Å². The summed E-state index contributed by atoms with van der Waals surface area (Å²) in [6, 6.07) is 0.580. The predicted octanol–water partition coefficient (Wildman–Crippen LogP) is -0.587. The molecule has 1 aliphatic rings. The molecule has 0 spiro atoms. The van der Waals surface area contributed by atoms with E-state index in [-0.39, 0.29) is 18.4 Å². The number of nitrogen functional groups attached to an aromatic ring is 1. The molecule has 0 aromatic carbocycles. The summed E-state index contributed by atoms with van der Waals surface area (Å²) in [6.07, 6.45) is 3.54. The Kier molecular flexibility index (Phi) is 3.81. The molecule has 0 radical (unpaired) electrons. The Hall–Kier alpha value is -1.63. The van der Waals surface area contributed by atoms with Crippen molar-refractivity contribution in [2.75, 3.05) is 32.9 Å². The van der Waals surface area contributed by atoms with E-state index in [4.69, 9.17) is 5.73 Å². The maximum atomic E-state index is 12.0. The van der Waals surface area contributed by atoms with Crippen LogP contribution in [0.3, 0.4) is 0 Å². The lowest BCUT2D eigenvalue weighted by Gasteiger charge is -2.35. The Morgan fingerprint density at radius 1 is 1.50 bits per heavy atom. The van der Waals surface area contributed by atoms with E-state index in [9.17, 15) is 4.79 Å². The first kappa shape index (κ1) is 12.8. The molecule has 0 saturated carbocycles. The van der Waals surface area contributed by atoms with Gasteiger partial charge in [-0.15, -0.1) is 5.10 Å². The number of hydrogen-bond donors (Lipinski definition) is 1. The lowest BCUT2D eigenvalue weighted by molar-refractivity contribution is -0.133. The number of rotatable bonds is 3. The summed E-state index contributed by atoms with van der Waals surface area (Å²) >= 11 is 0. The molecular weight excluding hydrogens is 232 g/mol. The highest BCUT2D eigenvalue weighted by atomic mass is 16.2. The van der Waals surface area contributed by atoms with Crippen molar-refractivity contribution >= 4 is 11.9 Å². The van der Waals surface area contributed by atoms with Gasteiger partial charge in [0.05, 0.1) is 0 Å². The Morgan fingerprint density at radius 3 is 2.67 bits per heavy atom. The van der Waals surface area contributed by atoms with Gasteiger partial charge in [0.2, 0.25) is 11.9 Å². The summed E-state index contributed by atoms with van der Waals surface area (Å²) in [6.45, 7) is 1.84. The summed E-state index contributed by atoms with van der Waals surface area (Å²) in [4.78, 5) is 19.9. The summed E-state index contributed by atoms with van der Waals surface area (Å²) < 4.78 is 1.48. The first-order valence-corrected chi connectivity index (χ1v) is 6.15. The molecule has 1 aliphatic heterocycles. The number of nitrogens with two attached hydrogens (primary N) is 1. The minimum absolute atomic E-state index is 0.0807. The van der Waals surface area contributed by atoms with Crippen LogP contribution >= 0.6 is 0 Å². The summed E-state index contributed by atoms with van der Waals surface area (Å²) in [5, 5.41) is 3.92. The molecule has 0 aliphatic carbocycles. The fourth-order valence-electron chi connectivity index (χ4n) is 2.26. The fourth-order valence-corrected chi connectivity index (χ4v) is 2.26. The van der Waals surface area contributed by atoms with Crippen molar-refractivity contribution in [3.8, 4) is 0 Å². The van der Waals surface area contributed by atoms with Crippen LogP contribution in [0.5, 0.6) is 0 Å². The minimum Gasteiger partial charge on any atom is -0.367 e. The number of carbonyl (C=O) groups excluding carboxylic acids is 1. The third-order valence-electron chi connectivity index (χ3n) is 3.40. The van der Waals surface area contributed by atoms with Crippen molar-refractivity contribution in [3.63, 3.8) is 0 Å². The SMILES string of the molecule is CN(C)C1CCN(C(=O)Cn2cnc(N)n2)CC1. The molecule has 1 aromatic heterocycles. The van der Waals surface area contributed by atoms with E-state index in [1.54, 1.807) is 0 Å². The van der Waals surface area contributed by atoms with E-state index in [0.717, 1.165) is 25.9 Å². The van der Waals surface area contributed by atoms with Crippen molar-refractivity contribution in [3.05, 3.63) is 6.33 Å². The lowest BCUT2D eigenvalue weighted by atomic mass is 10.0. The average Bonchev–Trinajstić information content (AvgIpc) is 2.75. The Balaban J connectivity index is 1.84. The van der Waals surface area contributed by atoms with Crippen LogP contribution in [0.15, 0.2) is 6.33 Å². The monoisotopic (exact) mass is 252 g/mol. The van der Waals surface area contributed by atoms with Crippen molar-refractivity contribution in [2.24, 2.45) is 0 Å². The average molecular weight is 252 g/mol. The highest BCUT2D eigenvalue weighted by molar-refractivity contribution is 5.76. The van der Waals surface area contributed by atoms with Crippen molar-refractivity contribution in [1.29, 1.82) is 0 Å². The van der Waals surface area contributed by atoms with Crippen LogP contribution in [0.1, 0.15) is 12.8 Å². The van der Waals surface area contributed by atoms with Gasteiger partial charge in [0.25, 0.3) is 0 Å². The summed E-state index contributed by atoms with van der Waals surface area (Å²) in [5.41, 5.74) is 5.41. The molecule has 0 unspecified atom stereocenters. The van der Waals surface area contributed by atoms with E-state index in [1.165, 1.54) is 11.0 Å². The zero-order chi connectivity index (χ0) is 13.1. The largest absolute Gasteiger partial charge is 0.367 e. The van der Waals surface area contributed by atoms with Gasteiger partial charge in [-0.2, -0.15) is 0 Å². The van der Waals surface area contributed by atoms with Crippen molar-refractivity contribution in [2.45, 2.75) is 25.4 Å². The van der Waals surface area contributed by atoms with Gasteiger partial charge in [0.15, 0.2) is 0 Å². The molecule has 100 valence electrons. The van der Waals surface area contributed by atoms with Gasteiger partial charge in [-0.25, -0.2) is 9.67 Å². The standard InChI is InChI=1S/C11H20N6O/c1-15(2)9-3-5-16(6-4-9)10(18)7-17-8-13-11(12)14-17/h8-9H,3-7H2,1-2H3,(H2,12,14). The van der Waals surface area contributed by atoms with Crippen LogP contribution in [0, 0.1) is 0 Å². The van der Waals surface area contributed by atoms with Gasteiger partial charge in [-0.1, -0.05) is 0 Å². The zero-order valence-electron chi connectivity index (χ0n) is 10.9. The van der Waals surface area contributed by atoms with Gasteiger partial charge < -0.3 is 15.5 Å². The normalized spacial score (nSPS) is 17.4. The molecule has 1 amide bonds. The first-order valence-electron chi connectivity index (χ1n) is 6.15. The number of aromatic nitrogens is 3. The van der Waals surface area contributed by atoms with Crippen LogP contribution in [0.25, 0.3) is 0 Å². The molecule has 1 fully saturated rings. The molecule has 0 atom stereocenters. The van der Waals surface area contributed by atoms with E-state index >= 15 is 0 Å². The lowest BCUT2D eigenvalue weighted by Crippen LogP contribution is -2.45. The first-order chi connectivity index (χ1) is 8.56. The summed E-state index contributed by atoms with van der Waals surface area (Å²) in [5.74, 6) is 0.284. The molecule has 7 heteroatoms. The quantitative estimate of drug-likeness (QED) is 0.778. The summed E-state index contributed by atoms with van der Waals surface area (Å²) in [7, 11) is 4.17. The second-order valence-corrected chi connectivity index (χ2v) is 4.88. The van der Waals surface area contributed by atoms with E-state index < -0.39 is 0 Å². The Labute approximate surface area is 107 Å². The molecule has 1 saturated heterocycles. The second kappa shape index (κ2) is 5.34. The van der Waals surface area contributed by atoms with Crippen LogP contribution < -0.4 is 5.73 Å². The Bertz CT molecular complexity index is 407. The maximum absolute atomic E-state index is 12.0. The molecule has 1 aromatic rings. The third kappa shape index (κ3) is 2.98. The molecule has 2 N–H and O–H groups in total. The van der Waals surface area contributed by atoms with E-state index in [1.807, 2.05) is 4.90 Å². The highest BCUT2D eigenvalue weighted by Crippen LogP contribution is 2.14. The van der Waals surface area contributed by atoms with E-state index in [0.29, 0.717) is 6.04 Å². The van der Waals surface area contributed by atoms with Crippen LogP contribution in [-0.4, -0.2) is 63.7 Å². The third-order valence-corrected chi connectivity index (χ3v) is 3.40. The molecule has 0 bridgehead atoms. The number of anilines is 1. The molecule has 7 nitrogen and oxygen atoms in total. The second-order valence-electron chi connectivity index (χ2n) is 4.88. The molecule has 2 heterocycles. The van der Waals surface area contributed by atoms with Crippen LogP contribution in [-0.2, 0) is 11.3 Å². The minimum atomic E-state index is 0.0807. The highest BCUT2D eigenvalue weighted by Gasteiger charge is 2.23. The van der Waals surface area contributed by atoms with Gasteiger partial charge in [0.1, 0.15) is 12.9 Å². The topological polar surface area (TPSA) is 80.3 Å². The smallest absolute Gasteiger partial charge is 0.244 e. The fraction of sp³-hybridized carbons (Fsp3) is 0.727. The van der Waals surface area contributed by atoms with Gasteiger partial charge in [-0.3, -0.25) is 4.79 Å².